The number of pyridine rings is 1. The molecule has 0 unspecified atom stereocenters. The van der Waals surface area contributed by atoms with Gasteiger partial charge in [-0.25, -0.2) is 0 Å². The molecule has 0 fully saturated rings. The summed E-state index contributed by atoms with van der Waals surface area (Å²) in [5.41, 5.74) is 4.24. The van der Waals surface area contributed by atoms with E-state index in [1.165, 1.54) is 0 Å². The van der Waals surface area contributed by atoms with Crippen molar-refractivity contribution in [2.45, 2.75) is 19.8 Å². The van der Waals surface area contributed by atoms with Gasteiger partial charge in [-0.05, 0) is 61.7 Å². The Hall–Kier alpha value is -2.59. The fourth-order valence-electron chi connectivity index (χ4n) is 3.51. The number of amides is 1. The molecule has 0 saturated carbocycles. The number of ether oxygens (including phenoxy) is 1. The van der Waals surface area contributed by atoms with E-state index in [0.29, 0.717) is 22.8 Å². The van der Waals surface area contributed by atoms with E-state index in [1.807, 2.05) is 54.3 Å². The average Bonchev–Trinajstić information content (AvgIpc) is 2.65. The first-order valence-electron chi connectivity index (χ1n) is 8.62. The maximum Gasteiger partial charge on any atom is 0.260 e. The lowest BCUT2D eigenvalue weighted by Gasteiger charge is -2.30. The molecule has 0 N–H and O–H groups in total. The van der Waals surface area contributed by atoms with Gasteiger partial charge in [0.15, 0.2) is 0 Å². The predicted molar refractivity (Wildman–Crippen MR) is 104 cm³/mol. The van der Waals surface area contributed by atoms with Gasteiger partial charge in [0.1, 0.15) is 5.75 Å². The smallest absolute Gasteiger partial charge is 0.260 e. The number of rotatable bonds is 2. The summed E-state index contributed by atoms with van der Waals surface area (Å²) in [6, 6.07) is 13.3. The number of carbonyl (C=O) groups excluding carboxylic acids is 1. The van der Waals surface area contributed by atoms with E-state index in [4.69, 9.17) is 16.3 Å². The van der Waals surface area contributed by atoms with Gasteiger partial charge in [0, 0.05) is 22.6 Å². The maximum atomic E-state index is 13.3. The van der Waals surface area contributed by atoms with Gasteiger partial charge in [-0.3, -0.25) is 9.78 Å². The fraction of sp³-hybridized carbons (Fsp3) is 0.238. The van der Waals surface area contributed by atoms with Gasteiger partial charge in [0.2, 0.25) is 0 Å². The van der Waals surface area contributed by atoms with Crippen molar-refractivity contribution in [2.75, 3.05) is 18.6 Å². The second kappa shape index (κ2) is 6.61. The van der Waals surface area contributed by atoms with Crippen molar-refractivity contribution in [3.63, 3.8) is 0 Å². The van der Waals surface area contributed by atoms with Crippen LogP contribution in [0, 0.1) is 6.92 Å². The van der Waals surface area contributed by atoms with Gasteiger partial charge in [0.25, 0.3) is 5.91 Å². The van der Waals surface area contributed by atoms with Crippen molar-refractivity contribution in [1.82, 2.24) is 4.98 Å². The van der Waals surface area contributed by atoms with Gasteiger partial charge in [-0.2, -0.15) is 0 Å². The molecule has 0 radical (unpaired) electrons. The Morgan fingerprint density at radius 1 is 1.19 bits per heavy atom. The number of aromatic nitrogens is 1. The third-order valence-electron chi connectivity index (χ3n) is 4.85. The number of halogens is 1. The molecule has 26 heavy (non-hydrogen) atoms. The summed E-state index contributed by atoms with van der Waals surface area (Å²) in [4.78, 5) is 19.7. The molecule has 0 saturated heterocycles. The largest absolute Gasteiger partial charge is 0.497 e. The molecular formula is C21H19ClN2O2. The number of methoxy groups -OCH3 is 1. The van der Waals surface area contributed by atoms with E-state index in [9.17, 15) is 4.79 Å². The molecule has 3 aromatic rings. The Morgan fingerprint density at radius 2 is 2.04 bits per heavy atom. The van der Waals surface area contributed by atoms with Crippen LogP contribution < -0.4 is 9.64 Å². The van der Waals surface area contributed by atoms with Crippen LogP contribution in [0.15, 0.2) is 42.5 Å². The predicted octanol–water partition coefficient (Wildman–Crippen LogP) is 4.80. The van der Waals surface area contributed by atoms with Crippen molar-refractivity contribution in [3.05, 3.63) is 64.3 Å². The normalized spacial score (nSPS) is 13.6. The Morgan fingerprint density at radius 3 is 2.85 bits per heavy atom. The summed E-state index contributed by atoms with van der Waals surface area (Å²) in [5.74, 6) is 0.802. The van der Waals surface area contributed by atoms with Crippen LogP contribution in [0.25, 0.3) is 10.9 Å². The molecule has 0 spiro atoms. The minimum Gasteiger partial charge on any atom is -0.497 e. The first-order chi connectivity index (χ1) is 12.6. The van der Waals surface area contributed by atoms with Crippen LogP contribution in [-0.2, 0) is 6.42 Å². The lowest BCUT2D eigenvalue weighted by atomic mass is 9.99. The van der Waals surface area contributed by atoms with Crippen molar-refractivity contribution >= 4 is 34.1 Å². The van der Waals surface area contributed by atoms with Crippen LogP contribution in [0.3, 0.4) is 0 Å². The van der Waals surface area contributed by atoms with Crippen LogP contribution in [0.4, 0.5) is 5.69 Å². The number of benzene rings is 2. The van der Waals surface area contributed by atoms with Crippen molar-refractivity contribution in [2.24, 2.45) is 0 Å². The molecule has 1 aliphatic heterocycles. The molecule has 4 nitrogen and oxygen atoms in total. The zero-order chi connectivity index (χ0) is 18.3. The third kappa shape index (κ3) is 2.90. The molecular weight excluding hydrogens is 348 g/mol. The molecule has 2 heterocycles. The maximum absolute atomic E-state index is 13.3. The highest BCUT2D eigenvalue weighted by atomic mass is 35.5. The number of hydrogen-bond acceptors (Lipinski definition) is 3. The van der Waals surface area contributed by atoms with E-state index >= 15 is 0 Å². The van der Waals surface area contributed by atoms with Crippen molar-refractivity contribution in [3.8, 4) is 5.75 Å². The second-order valence-electron chi connectivity index (χ2n) is 6.51. The zero-order valence-corrected chi connectivity index (χ0v) is 15.5. The summed E-state index contributed by atoms with van der Waals surface area (Å²) < 4.78 is 5.31. The quantitative estimate of drug-likeness (QED) is 0.654. The van der Waals surface area contributed by atoms with Crippen molar-refractivity contribution < 1.29 is 9.53 Å². The van der Waals surface area contributed by atoms with E-state index in [2.05, 4.69) is 4.98 Å². The Bertz CT molecular complexity index is 1020. The lowest BCUT2D eigenvalue weighted by Crippen LogP contribution is -2.36. The highest BCUT2D eigenvalue weighted by molar-refractivity contribution is 6.31. The summed E-state index contributed by atoms with van der Waals surface area (Å²) in [6.07, 6.45) is 1.88. The van der Waals surface area contributed by atoms with Crippen LogP contribution >= 0.6 is 11.6 Å². The number of hydrogen-bond donors (Lipinski definition) is 0. The SMILES string of the molecule is COc1ccc2c(c1)CCCN2C(=O)c1cc2ccc(Cl)cc2nc1C. The molecule has 4 rings (SSSR count). The molecule has 0 aliphatic carbocycles. The molecule has 1 aromatic heterocycles. The molecule has 0 bridgehead atoms. The van der Waals surface area contributed by atoms with E-state index in [-0.39, 0.29) is 5.91 Å². The van der Waals surface area contributed by atoms with Gasteiger partial charge >= 0.3 is 0 Å². The first kappa shape index (κ1) is 16.9. The molecule has 1 amide bonds. The summed E-state index contributed by atoms with van der Waals surface area (Å²) in [7, 11) is 1.66. The summed E-state index contributed by atoms with van der Waals surface area (Å²) in [6.45, 7) is 2.57. The molecule has 132 valence electrons. The van der Waals surface area contributed by atoms with E-state index < -0.39 is 0 Å². The van der Waals surface area contributed by atoms with Gasteiger partial charge < -0.3 is 9.64 Å². The van der Waals surface area contributed by atoms with E-state index in [1.54, 1.807) is 7.11 Å². The standard InChI is InChI=1S/C21H19ClN2O2/c1-13-18(11-14-5-6-16(22)12-19(14)23-13)21(25)24-9-3-4-15-10-17(26-2)7-8-20(15)24/h5-8,10-12H,3-4,9H2,1-2H3. The number of anilines is 1. The first-order valence-corrected chi connectivity index (χ1v) is 9.00. The van der Waals surface area contributed by atoms with Crippen LogP contribution in [0.5, 0.6) is 5.75 Å². The molecule has 1 aliphatic rings. The number of fused-ring (bicyclic) bond motifs is 2. The molecule has 0 atom stereocenters. The summed E-state index contributed by atoms with van der Waals surface area (Å²) >= 11 is 6.05. The topological polar surface area (TPSA) is 42.4 Å². The Kier molecular flexibility index (Phi) is 4.29. The second-order valence-corrected chi connectivity index (χ2v) is 6.95. The van der Waals surface area contributed by atoms with E-state index in [0.717, 1.165) is 40.7 Å². The number of aryl methyl sites for hydroxylation is 2. The van der Waals surface area contributed by atoms with Gasteiger partial charge in [-0.15, -0.1) is 0 Å². The summed E-state index contributed by atoms with van der Waals surface area (Å²) in [5, 5.41) is 1.55. The third-order valence-corrected chi connectivity index (χ3v) is 5.09. The minimum absolute atomic E-state index is 0.0158. The van der Waals surface area contributed by atoms with Crippen molar-refractivity contribution in [1.29, 1.82) is 0 Å². The Balaban J connectivity index is 1.76. The van der Waals surface area contributed by atoms with Gasteiger partial charge in [-0.1, -0.05) is 17.7 Å². The van der Waals surface area contributed by atoms with Crippen LogP contribution in [0.2, 0.25) is 5.02 Å². The number of carbonyl (C=O) groups is 1. The van der Waals surface area contributed by atoms with Crippen LogP contribution in [-0.4, -0.2) is 24.5 Å². The molecule has 5 heteroatoms. The minimum atomic E-state index is -0.0158. The molecule has 2 aromatic carbocycles. The highest BCUT2D eigenvalue weighted by Gasteiger charge is 2.25. The average molecular weight is 367 g/mol. The van der Waals surface area contributed by atoms with Crippen LogP contribution in [0.1, 0.15) is 28.0 Å². The van der Waals surface area contributed by atoms with Gasteiger partial charge in [0.05, 0.1) is 23.9 Å². The fourth-order valence-corrected chi connectivity index (χ4v) is 3.68. The monoisotopic (exact) mass is 366 g/mol. The zero-order valence-electron chi connectivity index (χ0n) is 14.8. The Labute approximate surface area is 157 Å². The highest BCUT2D eigenvalue weighted by Crippen LogP contribution is 2.32. The lowest BCUT2D eigenvalue weighted by molar-refractivity contribution is 0.0984. The number of nitrogens with zero attached hydrogens (tertiary/aromatic N) is 2.